The van der Waals surface area contributed by atoms with Crippen molar-refractivity contribution >= 4 is 37.3 Å². The molecule has 0 bridgehead atoms. The monoisotopic (exact) mass is 509 g/mol. The van der Waals surface area contributed by atoms with Crippen molar-refractivity contribution in [1.82, 2.24) is 4.31 Å². The maximum absolute atomic E-state index is 12.9. The van der Waals surface area contributed by atoms with E-state index in [9.17, 15) is 21.6 Å². The maximum atomic E-state index is 12.9. The molecule has 1 amide bonds. The minimum absolute atomic E-state index is 0.163. The summed E-state index contributed by atoms with van der Waals surface area (Å²) in [5.41, 5.74) is 0.694. The van der Waals surface area contributed by atoms with Gasteiger partial charge in [-0.3, -0.25) is 9.10 Å². The van der Waals surface area contributed by atoms with E-state index in [0.717, 1.165) is 36.2 Å². The molecule has 0 radical (unpaired) electrons. The van der Waals surface area contributed by atoms with Gasteiger partial charge in [-0.15, -0.1) is 0 Å². The number of hydrogen-bond donors (Lipinski definition) is 1. The highest BCUT2D eigenvalue weighted by atomic mass is 32.2. The molecule has 186 valence electrons. The standard InChI is InChI=1S/C23H31N3O6S2/c1-18(26(33(3,28)29)20-10-12-21(32-2)13-11-20)23(27)24-19-8-14-22(15-9-19)34(30,31)25-16-6-4-5-7-17-25/h8-15,18H,4-7,16-17H2,1-3H3,(H,24,27)/t18-/m1/s1. The first-order valence-corrected chi connectivity index (χ1v) is 14.4. The van der Waals surface area contributed by atoms with Crippen molar-refractivity contribution in [2.45, 2.75) is 43.5 Å². The highest BCUT2D eigenvalue weighted by molar-refractivity contribution is 7.92. The Morgan fingerprint density at radius 2 is 1.50 bits per heavy atom. The molecule has 1 saturated heterocycles. The Bertz CT molecular complexity index is 1190. The fraction of sp³-hybridized carbons (Fsp3) is 0.435. The molecule has 3 rings (SSSR count). The van der Waals surface area contributed by atoms with E-state index in [-0.39, 0.29) is 4.90 Å². The third-order valence-corrected chi connectivity index (χ3v) is 8.89. The van der Waals surface area contributed by atoms with E-state index in [1.54, 1.807) is 24.3 Å². The minimum Gasteiger partial charge on any atom is -0.497 e. The van der Waals surface area contributed by atoms with E-state index in [2.05, 4.69) is 5.32 Å². The number of carbonyl (C=O) groups is 1. The van der Waals surface area contributed by atoms with Gasteiger partial charge in [-0.1, -0.05) is 12.8 Å². The van der Waals surface area contributed by atoms with Gasteiger partial charge in [0.2, 0.25) is 26.0 Å². The fourth-order valence-corrected chi connectivity index (χ4v) is 6.62. The predicted octanol–water partition coefficient (Wildman–Crippen LogP) is 3.05. The summed E-state index contributed by atoms with van der Waals surface area (Å²) in [4.78, 5) is 13.1. The fourth-order valence-electron chi connectivity index (χ4n) is 3.93. The largest absolute Gasteiger partial charge is 0.497 e. The molecule has 0 saturated carbocycles. The van der Waals surface area contributed by atoms with E-state index in [0.29, 0.717) is 30.2 Å². The summed E-state index contributed by atoms with van der Waals surface area (Å²) in [6.45, 7) is 2.49. The molecule has 1 aliphatic rings. The number of sulfonamides is 2. The van der Waals surface area contributed by atoms with Gasteiger partial charge in [-0.25, -0.2) is 16.8 Å². The lowest BCUT2D eigenvalue weighted by Crippen LogP contribution is -2.45. The zero-order valence-electron chi connectivity index (χ0n) is 19.6. The SMILES string of the molecule is COc1ccc(N([C@H](C)C(=O)Nc2ccc(S(=O)(=O)N3CCCCCC3)cc2)S(C)(=O)=O)cc1. The van der Waals surface area contributed by atoms with Crippen LogP contribution in [-0.2, 0) is 24.8 Å². The molecular weight excluding hydrogens is 478 g/mol. The molecule has 2 aromatic carbocycles. The van der Waals surface area contributed by atoms with Crippen LogP contribution in [0.25, 0.3) is 0 Å². The third-order valence-electron chi connectivity index (χ3n) is 5.74. The first-order valence-electron chi connectivity index (χ1n) is 11.1. The summed E-state index contributed by atoms with van der Waals surface area (Å²) in [7, 11) is -5.86. The Kier molecular flexibility index (Phi) is 8.21. The average molecular weight is 510 g/mol. The number of carbonyl (C=O) groups excluding carboxylic acids is 1. The van der Waals surface area contributed by atoms with E-state index < -0.39 is 32.0 Å². The number of ether oxygens (including phenoxy) is 1. The quantitative estimate of drug-likeness (QED) is 0.585. The number of hydrogen-bond acceptors (Lipinski definition) is 6. The van der Waals surface area contributed by atoms with Crippen molar-refractivity contribution < 1.29 is 26.4 Å². The molecule has 1 fully saturated rings. The van der Waals surface area contributed by atoms with Gasteiger partial charge in [0.1, 0.15) is 11.8 Å². The van der Waals surface area contributed by atoms with Gasteiger partial charge in [-0.2, -0.15) is 4.31 Å². The number of anilines is 2. The van der Waals surface area contributed by atoms with Crippen LogP contribution in [0.2, 0.25) is 0 Å². The highest BCUT2D eigenvalue weighted by Gasteiger charge is 2.30. The van der Waals surface area contributed by atoms with Crippen LogP contribution in [0.3, 0.4) is 0 Å². The number of amides is 1. The van der Waals surface area contributed by atoms with Gasteiger partial charge in [0.15, 0.2) is 0 Å². The van der Waals surface area contributed by atoms with Crippen LogP contribution < -0.4 is 14.4 Å². The molecule has 0 unspecified atom stereocenters. The molecule has 1 atom stereocenters. The summed E-state index contributed by atoms with van der Waals surface area (Å²) >= 11 is 0. The average Bonchev–Trinajstić information content (AvgIpc) is 3.09. The molecule has 34 heavy (non-hydrogen) atoms. The number of nitrogens with zero attached hydrogens (tertiary/aromatic N) is 2. The van der Waals surface area contributed by atoms with Gasteiger partial charge in [0.25, 0.3) is 0 Å². The molecule has 1 N–H and O–H groups in total. The first-order chi connectivity index (χ1) is 16.0. The van der Waals surface area contributed by atoms with Crippen molar-refractivity contribution in [3.8, 4) is 5.75 Å². The molecule has 9 nitrogen and oxygen atoms in total. The van der Waals surface area contributed by atoms with Crippen LogP contribution >= 0.6 is 0 Å². The zero-order valence-corrected chi connectivity index (χ0v) is 21.2. The molecule has 2 aromatic rings. The Morgan fingerprint density at radius 3 is 2.00 bits per heavy atom. The van der Waals surface area contributed by atoms with Crippen LogP contribution in [0.5, 0.6) is 5.75 Å². The smallest absolute Gasteiger partial charge is 0.247 e. The summed E-state index contributed by atoms with van der Waals surface area (Å²) in [5.74, 6) is 0.00823. The molecule has 11 heteroatoms. The second kappa shape index (κ2) is 10.7. The normalized spacial score (nSPS) is 16.3. The van der Waals surface area contributed by atoms with Crippen molar-refractivity contribution in [3.63, 3.8) is 0 Å². The Morgan fingerprint density at radius 1 is 0.941 bits per heavy atom. The molecule has 1 aliphatic heterocycles. The summed E-state index contributed by atoms with van der Waals surface area (Å²) in [6.07, 6.45) is 4.77. The summed E-state index contributed by atoms with van der Waals surface area (Å²) in [6, 6.07) is 11.2. The maximum Gasteiger partial charge on any atom is 0.247 e. The van der Waals surface area contributed by atoms with Crippen molar-refractivity contribution in [2.24, 2.45) is 0 Å². The summed E-state index contributed by atoms with van der Waals surface area (Å²) < 4.78 is 58.4. The lowest BCUT2D eigenvalue weighted by atomic mass is 10.2. The van der Waals surface area contributed by atoms with E-state index >= 15 is 0 Å². The second-order valence-electron chi connectivity index (χ2n) is 8.26. The van der Waals surface area contributed by atoms with Crippen LogP contribution in [0.4, 0.5) is 11.4 Å². The number of benzene rings is 2. The van der Waals surface area contributed by atoms with Crippen LogP contribution in [0.15, 0.2) is 53.4 Å². The van der Waals surface area contributed by atoms with Crippen LogP contribution in [0.1, 0.15) is 32.6 Å². The topological polar surface area (TPSA) is 113 Å². The van der Waals surface area contributed by atoms with E-state index in [4.69, 9.17) is 4.74 Å². The van der Waals surface area contributed by atoms with Crippen LogP contribution in [0, 0.1) is 0 Å². The molecule has 0 aliphatic carbocycles. The number of methoxy groups -OCH3 is 1. The Hall–Kier alpha value is -2.63. The van der Waals surface area contributed by atoms with E-state index in [1.165, 1.54) is 42.6 Å². The highest BCUT2D eigenvalue weighted by Crippen LogP contribution is 2.25. The number of nitrogens with one attached hydrogen (secondary N) is 1. The van der Waals surface area contributed by atoms with Crippen molar-refractivity contribution in [1.29, 1.82) is 0 Å². The minimum atomic E-state index is -3.77. The van der Waals surface area contributed by atoms with Crippen molar-refractivity contribution in [3.05, 3.63) is 48.5 Å². The van der Waals surface area contributed by atoms with Gasteiger partial charge in [-0.05, 0) is 68.3 Å². The molecule has 0 spiro atoms. The molecule has 1 heterocycles. The van der Waals surface area contributed by atoms with E-state index in [1.807, 2.05) is 0 Å². The predicted molar refractivity (Wildman–Crippen MR) is 132 cm³/mol. The lowest BCUT2D eigenvalue weighted by molar-refractivity contribution is -0.116. The molecule has 0 aromatic heterocycles. The van der Waals surface area contributed by atoms with Gasteiger partial charge in [0.05, 0.1) is 23.9 Å². The Labute approximate surface area is 201 Å². The van der Waals surface area contributed by atoms with Gasteiger partial charge >= 0.3 is 0 Å². The first kappa shape index (κ1) is 26.0. The lowest BCUT2D eigenvalue weighted by Gasteiger charge is -2.28. The third kappa shape index (κ3) is 6.08. The zero-order chi connectivity index (χ0) is 24.9. The van der Waals surface area contributed by atoms with Gasteiger partial charge < -0.3 is 10.1 Å². The van der Waals surface area contributed by atoms with Crippen LogP contribution in [-0.4, -0.2) is 59.5 Å². The second-order valence-corrected chi connectivity index (χ2v) is 12.1. The summed E-state index contributed by atoms with van der Waals surface area (Å²) in [5, 5.41) is 2.68. The van der Waals surface area contributed by atoms with Crippen molar-refractivity contribution in [2.75, 3.05) is 36.1 Å². The Balaban J connectivity index is 1.75. The number of rotatable bonds is 8. The molecular formula is C23H31N3O6S2. The van der Waals surface area contributed by atoms with Gasteiger partial charge in [0, 0.05) is 18.8 Å².